The van der Waals surface area contributed by atoms with E-state index < -0.39 is 0 Å². The van der Waals surface area contributed by atoms with Crippen LogP contribution in [0.15, 0.2) is 24.3 Å². The second-order valence-corrected chi connectivity index (χ2v) is 7.38. The van der Waals surface area contributed by atoms with Gasteiger partial charge in [0.2, 0.25) is 17.7 Å². The van der Waals surface area contributed by atoms with Crippen LogP contribution in [-0.2, 0) is 20.9 Å². The molecule has 2 aliphatic heterocycles. The van der Waals surface area contributed by atoms with Gasteiger partial charge in [-0.15, -0.1) is 0 Å². The van der Waals surface area contributed by atoms with Gasteiger partial charge in [0.05, 0.1) is 12.5 Å². The predicted octanol–water partition coefficient (Wildman–Crippen LogP) is 1.01. The summed E-state index contributed by atoms with van der Waals surface area (Å²) in [4.78, 5) is 42.3. The number of likely N-dealkylation sites (tertiary alicyclic amines) is 1. The summed E-state index contributed by atoms with van der Waals surface area (Å²) < 4.78 is 13.0. The monoisotopic (exact) mass is 359 g/mol. The third-order valence-corrected chi connectivity index (χ3v) is 5.41. The van der Waals surface area contributed by atoms with Crippen LogP contribution in [0.2, 0.25) is 0 Å². The first kappa shape index (κ1) is 17.0. The lowest BCUT2D eigenvalue weighted by molar-refractivity contribution is -0.147. The number of piperazine rings is 1. The van der Waals surface area contributed by atoms with Crippen LogP contribution >= 0.6 is 0 Å². The van der Waals surface area contributed by atoms with Gasteiger partial charge in [-0.2, -0.15) is 0 Å². The first-order chi connectivity index (χ1) is 12.5. The molecule has 138 valence electrons. The summed E-state index contributed by atoms with van der Waals surface area (Å²) in [5, 5.41) is 0. The van der Waals surface area contributed by atoms with Crippen LogP contribution in [0.25, 0.3) is 0 Å². The molecule has 0 N–H and O–H groups in total. The van der Waals surface area contributed by atoms with E-state index in [-0.39, 0.29) is 42.4 Å². The lowest BCUT2D eigenvalue weighted by atomic mass is 10.1. The highest BCUT2D eigenvalue weighted by Gasteiger charge is 2.43. The van der Waals surface area contributed by atoms with Gasteiger partial charge >= 0.3 is 0 Å². The second-order valence-electron chi connectivity index (χ2n) is 7.38. The maximum Gasteiger partial charge on any atom is 0.242 e. The van der Waals surface area contributed by atoms with Crippen molar-refractivity contribution in [1.29, 1.82) is 0 Å². The topological polar surface area (TPSA) is 60.9 Å². The largest absolute Gasteiger partial charge is 0.339 e. The zero-order chi connectivity index (χ0) is 18.3. The molecule has 26 heavy (non-hydrogen) atoms. The maximum absolute atomic E-state index is 13.0. The van der Waals surface area contributed by atoms with Gasteiger partial charge in [0.1, 0.15) is 5.82 Å². The Morgan fingerprint density at radius 3 is 2.46 bits per heavy atom. The molecule has 1 saturated carbocycles. The van der Waals surface area contributed by atoms with Gasteiger partial charge in [0.25, 0.3) is 0 Å². The van der Waals surface area contributed by atoms with E-state index in [0.29, 0.717) is 32.2 Å². The summed E-state index contributed by atoms with van der Waals surface area (Å²) in [5.74, 6) is -0.762. The molecule has 1 aromatic carbocycles. The molecule has 1 unspecified atom stereocenters. The highest BCUT2D eigenvalue weighted by Crippen LogP contribution is 2.33. The van der Waals surface area contributed by atoms with Crippen LogP contribution in [0.1, 0.15) is 24.8 Å². The Labute approximate surface area is 151 Å². The van der Waals surface area contributed by atoms with Gasteiger partial charge in [0.15, 0.2) is 0 Å². The Hall–Kier alpha value is -2.44. The van der Waals surface area contributed by atoms with E-state index in [1.165, 1.54) is 12.1 Å². The lowest BCUT2D eigenvalue weighted by Gasteiger charge is -2.35. The highest BCUT2D eigenvalue weighted by molar-refractivity contribution is 5.92. The summed E-state index contributed by atoms with van der Waals surface area (Å²) in [5.41, 5.74) is 0.862. The van der Waals surface area contributed by atoms with E-state index in [1.807, 2.05) is 4.90 Å². The fourth-order valence-electron chi connectivity index (χ4n) is 3.77. The number of nitrogens with zero attached hydrogens (tertiary/aromatic N) is 3. The van der Waals surface area contributed by atoms with Gasteiger partial charge < -0.3 is 14.7 Å². The molecule has 2 heterocycles. The summed E-state index contributed by atoms with van der Waals surface area (Å²) in [6.45, 7) is 1.88. The van der Waals surface area contributed by atoms with Crippen LogP contribution in [0.5, 0.6) is 0 Å². The summed E-state index contributed by atoms with van der Waals surface area (Å²) in [6, 6.07) is 6.41. The molecule has 2 saturated heterocycles. The van der Waals surface area contributed by atoms with Crippen LogP contribution in [-0.4, -0.2) is 64.6 Å². The first-order valence-electron chi connectivity index (χ1n) is 9.12. The van der Waals surface area contributed by atoms with Crippen LogP contribution in [0.3, 0.4) is 0 Å². The Kier molecular flexibility index (Phi) is 4.38. The minimum atomic E-state index is -0.320. The fourth-order valence-corrected chi connectivity index (χ4v) is 3.77. The molecule has 6 nitrogen and oxygen atoms in total. The van der Waals surface area contributed by atoms with E-state index >= 15 is 0 Å². The third kappa shape index (κ3) is 3.43. The molecule has 3 amide bonds. The van der Waals surface area contributed by atoms with Gasteiger partial charge in [-0.1, -0.05) is 12.1 Å². The SMILES string of the molecule is O=C1CN(C(=O)C2CC(=O)N(C3CC3)C2)CCN1Cc1ccc(F)cc1. The van der Waals surface area contributed by atoms with Crippen molar-refractivity contribution >= 4 is 17.7 Å². The molecule has 1 aliphatic carbocycles. The Bertz CT molecular complexity index is 732. The molecule has 0 radical (unpaired) electrons. The Morgan fingerprint density at radius 1 is 1.08 bits per heavy atom. The van der Waals surface area contributed by atoms with Crippen molar-refractivity contribution in [3.8, 4) is 0 Å². The van der Waals surface area contributed by atoms with Crippen molar-refractivity contribution in [2.24, 2.45) is 5.92 Å². The normalized spacial score (nSPS) is 23.7. The number of hydrogen-bond acceptors (Lipinski definition) is 3. The smallest absolute Gasteiger partial charge is 0.242 e. The van der Waals surface area contributed by atoms with Gasteiger partial charge in [0, 0.05) is 38.6 Å². The van der Waals surface area contributed by atoms with Gasteiger partial charge in [-0.25, -0.2) is 4.39 Å². The molecule has 1 aromatic rings. The van der Waals surface area contributed by atoms with Crippen molar-refractivity contribution in [2.75, 3.05) is 26.2 Å². The fraction of sp³-hybridized carbons (Fsp3) is 0.526. The van der Waals surface area contributed by atoms with Crippen LogP contribution in [0, 0.1) is 11.7 Å². The molecule has 1 atom stereocenters. The van der Waals surface area contributed by atoms with Crippen molar-refractivity contribution in [2.45, 2.75) is 31.8 Å². The summed E-state index contributed by atoms with van der Waals surface area (Å²) in [7, 11) is 0. The second kappa shape index (κ2) is 6.70. The van der Waals surface area contributed by atoms with Gasteiger partial charge in [-0.3, -0.25) is 14.4 Å². The number of hydrogen-bond donors (Lipinski definition) is 0. The minimum absolute atomic E-state index is 0.0497. The number of benzene rings is 1. The zero-order valence-corrected chi connectivity index (χ0v) is 14.6. The van der Waals surface area contributed by atoms with E-state index in [4.69, 9.17) is 0 Å². The summed E-state index contributed by atoms with van der Waals surface area (Å²) >= 11 is 0. The average molecular weight is 359 g/mol. The third-order valence-electron chi connectivity index (χ3n) is 5.41. The first-order valence-corrected chi connectivity index (χ1v) is 9.12. The number of carbonyl (C=O) groups excluding carboxylic acids is 3. The molecule has 0 spiro atoms. The van der Waals surface area contributed by atoms with Crippen molar-refractivity contribution in [3.63, 3.8) is 0 Å². The molecule has 3 aliphatic rings. The van der Waals surface area contributed by atoms with E-state index in [9.17, 15) is 18.8 Å². The molecule has 4 rings (SSSR count). The number of carbonyl (C=O) groups is 3. The molecule has 0 bridgehead atoms. The Morgan fingerprint density at radius 2 is 1.81 bits per heavy atom. The van der Waals surface area contributed by atoms with E-state index in [2.05, 4.69) is 0 Å². The number of amides is 3. The summed E-state index contributed by atoms with van der Waals surface area (Å²) in [6.07, 6.45) is 2.33. The quantitative estimate of drug-likeness (QED) is 0.806. The number of rotatable bonds is 4. The highest BCUT2D eigenvalue weighted by atomic mass is 19.1. The molecule has 7 heteroatoms. The zero-order valence-electron chi connectivity index (χ0n) is 14.6. The predicted molar refractivity (Wildman–Crippen MR) is 91.2 cm³/mol. The average Bonchev–Trinajstić information content (AvgIpc) is 3.40. The number of halogens is 1. The maximum atomic E-state index is 13.0. The lowest BCUT2D eigenvalue weighted by Crippen LogP contribution is -2.53. The van der Waals surface area contributed by atoms with Gasteiger partial charge in [-0.05, 0) is 30.5 Å². The van der Waals surface area contributed by atoms with Crippen molar-refractivity contribution in [1.82, 2.24) is 14.7 Å². The van der Waals surface area contributed by atoms with E-state index in [1.54, 1.807) is 21.9 Å². The standard InChI is InChI=1S/C19H22FN3O3/c20-15-3-1-13(2-4-15)10-21-7-8-22(12-18(21)25)19(26)14-9-17(24)23(11-14)16-5-6-16/h1-4,14,16H,5-12H2. The molecular weight excluding hydrogens is 337 g/mol. The molecule has 0 aromatic heterocycles. The Balaban J connectivity index is 1.33. The van der Waals surface area contributed by atoms with Crippen molar-refractivity contribution < 1.29 is 18.8 Å². The van der Waals surface area contributed by atoms with Crippen molar-refractivity contribution in [3.05, 3.63) is 35.6 Å². The molecule has 3 fully saturated rings. The van der Waals surface area contributed by atoms with E-state index in [0.717, 1.165) is 18.4 Å². The van der Waals surface area contributed by atoms with Crippen LogP contribution < -0.4 is 0 Å². The van der Waals surface area contributed by atoms with Crippen LogP contribution in [0.4, 0.5) is 4.39 Å². The molecular formula is C19H22FN3O3. The minimum Gasteiger partial charge on any atom is -0.339 e.